The first-order valence-corrected chi connectivity index (χ1v) is 12.1. The Labute approximate surface area is 191 Å². The maximum atomic E-state index is 12.2. The summed E-state index contributed by atoms with van der Waals surface area (Å²) in [5.41, 5.74) is 1.05. The first kappa shape index (κ1) is 25.3. The minimum absolute atomic E-state index is 0. The summed E-state index contributed by atoms with van der Waals surface area (Å²) >= 11 is 2.72. The van der Waals surface area contributed by atoms with Crippen LogP contribution in [0.15, 0.2) is 32.1 Å². The van der Waals surface area contributed by atoms with E-state index in [0.717, 1.165) is 22.0 Å². The largest absolute Gasteiger partial charge is 0.390 e. The van der Waals surface area contributed by atoms with E-state index in [4.69, 9.17) is 0 Å². The van der Waals surface area contributed by atoms with Crippen molar-refractivity contribution in [1.82, 2.24) is 15.6 Å². The molecule has 28 heavy (non-hydrogen) atoms. The monoisotopic (exact) mass is 558 g/mol. The second-order valence-electron chi connectivity index (χ2n) is 6.26. The molecule has 7 nitrogen and oxygen atoms in total. The lowest BCUT2D eigenvalue weighted by Gasteiger charge is -2.15. The van der Waals surface area contributed by atoms with Crippen LogP contribution in [0.1, 0.15) is 37.4 Å². The predicted molar refractivity (Wildman–Crippen MR) is 127 cm³/mol. The molecule has 2 heterocycles. The molecule has 3 N–H and O–H groups in total. The van der Waals surface area contributed by atoms with Crippen LogP contribution >= 0.6 is 46.7 Å². The Bertz CT molecular complexity index is 836. The lowest BCUT2D eigenvalue weighted by Crippen LogP contribution is -2.42. The Hall–Kier alpha value is -0.760. The molecule has 0 aromatic carbocycles. The van der Waals surface area contributed by atoms with Crippen molar-refractivity contribution >= 4 is 62.4 Å². The van der Waals surface area contributed by atoms with Gasteiger partial charge in [-0.2, -0.15) is 0 Å². The number of rotatable bonds is 9. The van der Waals surface area contributed by atoms with Crippen LogP contribution in [0.3, 0.4) is 0 Å². The average Bonchev–Trinajstić information content (AvgIpc) is 3.28. The molecule has 1 unspecified atom stereocenters. The summed E-state index contributed by atoms with van der Waals surface area (Å²) in [7, 11) is -3.48. The van der Waals surface area contributed by atoms with Gasteiger partial charge in [-0.25, -0.2) is 18.4 Å². The first-order chi connectivity index (χ1) is 12.8. The number of thiophene rings is 1. The van der Waals surface area contributed by atoms with Crippen molar-refractivity contribution in [3.8, 4) is 0 Å². The summed E-state index contributed by atoms with van der Waals surface area (Å²) in [5, 5.41) is 20.9. The van der Waals surface area contributed by atoms with Crippen LogP contribution in [0.4, 0.5) is 0 Å². The average molecular weight is 559 g/mol. The van der Waals surface area contributed by atoms with Gasteiger partial charge in [-0.15, -0.1) is 46.7 Å². The second-order valence-corrected chi connectivity index (χ2v) is 10.4. The van der Waals surface area contributed by atoms with Crippen LogP contribution in [0.25, 0.3) is 0 Å². The van der Waals surface area contributed by atoms with Gasteiger partial charge in [0.15, 0.2) is 15.8 Å². The molecule has 0 spiro atoms. The molecule has 0 radical (unpaired) electrons. The summed E-state index contributed by atoms with van der Waals surface area (Å²) < 4.78 is 24.7. The zero-order valence-corrected chi connectivity index (χ0v) is 20.9. The fourth-order valence-electron chi connectivity index (χ4n) is 2.20. The summed E-state index contributed by atoms with van der Waals surface area (Å²) in [4.78, 5) is 9.00. The van der Waals surface area contributed by atoms with Crippen LogP contribution in [0.5, 0.6) is 0 Å². The van der Waals surface area contributed by atoms with Crippen LogP contribution < -0.4 is 10.6 Å². The Morgan fingerprint density at radius 3 is 2.64 bits per heavy atom. The Morgan fingerprint density at radius 1 is 1.32 bits per heavy atom. The van der Waals surface area contributed by atoms with Crippen molar-refractivity contribution in [2.24, 2.45) is 4.99 Å². The third-order valence-corrected chi connectivity index (χ3v) is 7.73. The number of hydrogen-bond acceptors (Lipinski definition) is 7. The molecule has 0 saturated heterocycles. The van der Waals surface area contributed by atoms with Gasteiger partial charge in [0.25, 0.3) is 0 Å². The van der Waals surface area contributed by atoms with Gasteiger partial charge in [-0.05, 0) is 24.3 Å². The fraction of sp³-hybridized carbons (Fsp3) is 0.529. The summed E-state index contributed by atoms with van der Waals surface area (Å²) in [6.07, 6.45) is -1.03. The molecule has 2 aromatic rings. The topological polar surface area (TPSA) is 104 Å². The zero-order chi connectivity index (χ0) is 19.9. The summed E-state index contributed by atoms with van der Waals surface area (Å²) in [5.74, 6) is 0.571. The number of sulfone groups is 1. The van der Waals surface area contributed by atoms with E-state index in [1.807, 2.05) is 12.3 Å². The highest BCUT2D eigenvalue weighted by Gasteiger charge is 2.20. The van der Waals surface area contributed by atoms with E-state index in [9.17, 15) is 13.5 Å². The molecule has 0 saturated carbocycles. The number of nitrogens with zero attached hydrogens (tertiary/aromatic N) is 2. The van der Waals surface area contributed by atoms with Crippen LogP contribution in [0.2, 0.25) is 0 Å². The van der Waals surface area contributed by atoms with Crippen LogP contribution in [0, 0.1) is 0 Å². The molecule has 2 rings (SSSR count). The Balaban J connectivity index is 0.00000392. The van der Waals surface area contributed by atoms with E-state index in [2.05, 4.69) is 34.5 Å². The maximum absolute atomic E-state index is 12.2. The lowest BCUT2D eigenvalue weighted by molar-refractivity contribution is 0.200. The fourth-order valence-corrected chi connectivity index (χ4v) is 5.56. The van der Waals surface area contributed by atoms with Crippen molar-refractivity contribution in [2.45, 2.75) is 43.5 Å². The van der Waals surface area contributed by atoms with Gasteiger partial charge in [0.2, 0.25) is 0 Å². The van der Waals surface area contributed by atoms with Crippen molar-refractivity contribution in [3.63, 3.8) is 0 Å². The standard InChI is InChI=1S/C17H26N4O3S3.HI/c1-4-18-17(20-9-15-21-14(10-26-15)12(2)3)19-8-13(22)11-27(23,24)16-6-5-7-25-16;/h5-7,10,12-13,22H,4,8-9,11H2,1-3H3,(H2,18,19,20);1H. The van der Waals surface area contributed by atoms with Gasteiger partial charge in [0, 0.05) is 18.5 Å². The molecule has 0 aliphatic carbocycles. The van der Waals surface area contributed by atoms with Crippen molar-refractivity contribution in [3.05, 3.63) is 33.6 Å². The van der Waals surface area contributed by atoms with E-state index in [0.29, 0.717) is 25.0 Å². The molecule has 1 atom stereocenters. The quantitative estimate of drug-likeness (QED) is 0.249. The molecule has 0 bridgehead atoms. The highest BCUT2D eigenvalue weighted by molar-refractivity contribution is 14.0. The van der Waals surface area contributed by atoms with Crippen molar-refractivity contribution < 1.29 is 13.5 Å². The number of halogens is 1. The van der Waals surface area contributed by atoms with E-state index in [1.165, 1.54) is 0 Å². The zero-order valence-electron chi connectivity index (χ0n) is 16.1. The molecule has 0 aliphatic rings. The van der Waals surface area contributed by atoms with Crippen molar-refractivity contribution in [2.75, 3.05) is 18.8 Å². The number of aromatic nitrogens is 1. The third kappa shape index (κ3) is 7.93. The van der Waals surface area contributed by atoms with E-state index < -0.39 is 15.9 Å². The number of nitrogens with one attached hydrogen (secondary N) is 2. The van der Waals surface area contributed by atoms with Gasteiger partial charge in [0.1, 0.15) is 9.22 Å². The lowest BCUT2D eigenvalue weighted by atomic mass is 10.2. The van der Waals surface area contributed by atoms with Gasteiger partial charge in [-0.1, -0.05) is 19.9 Å². The number of aliphatic imine (C=N–C) groups is 1. The Morgan fingerprint density at radius 2 is 2.07 bits per heavy atom. The normalized spacial score (nSPS) is 13.2. The highest BCUT2D eigenvalue weighted by atomic mass is 127. The first-order valence-electron chi connectivity index (χ1n) is 8.72. The highest BCUT2D eigenvalue weighted by Crippen LogP contribution is 2.19. The SMILES string of the molecule is CCNC(=NCc1nc(C(C)C)cs1)NCC(O)CS(=O)(=O)c1cccs1.I. The molecule has 0 aliphatic heterocycles. The number of hydrogen-bond donors (Lipinski definition) is 3. The third-order valence-electron chi connectivity index (χ3n) is 3.60. The van der Waals surface area contributed by atoms with Gasteiger partial charge < -0.3 is 15.7 Å². The van der Waals surface area contributed by atoms with Crippen LogP contribution in [-0.2, 0) is 16.4 Å². The molecule has 0 amide bonds. The number of thiazole rings is 1. The molecule has 0 fully saturated rings. The molecule has 158 valence electrons. The van der Waals surface area contributed by atoms with Crippen molar-refractivity contribution in [1.29, 1.82) is 0 Å². The minimum Gasteiger partial charge on any atom is -0.390 e. The Kier molecular flexibility index (Phi) is 10.9. The number of guanidine groups is 1. The summed E-state index contributed by atoms with van der Waals surface area (Å²) in [6, 6.07) is 3.23. The van der Waals surface area contributed by atoms with E-state index >= 15 is 0 Å². The maximum Gasteiger partial charge on any atom is 0.191 e. The predicted octanol–water partition coefficient (Wildman–Crippen LogP) is 2.84. The number of aliphatic hydroxyl groups excluding tert-OH is 1. The van der Waals surface area contributed by atoms with Crippen LogP contribution in [-0.4, -0.2) is 49.4 Å². The molecular formula is C17H27IN4O3S3. The van der Waals surface area contributed by atoms with E-state index in [-0.39, 0.29) is 40.5 Å². The summed E-state index contributed by atoms with van der Waals surface area (Å²) in [6.45, 7) is 7.31. The molecular weight excluding hydrogens is 531 g/mol. The van der Waals surface area contributed by atoms with Gasteiger partial charge >= 0.3 is 0 Å². The molecule has 2 aromatic heterocycles. The number of aliphatic hydroxyl groups is 1. The second kappa shape index (κ2) is 12.1. The smallest absolute Gasteiger partial charge is 0.191 e. The minimum atomic E-state index is -3.48. The van der Waals surface area contributed by atoms with E-state index in [1.54, 1.807) is 28.8 Å². The van der Waals surface area contributed by atoms with Gasteiger partial charge in [-0.3, -0.25) is 0 Å². The molecule has 11 heteroatoms. The van der Waals surface area contributed by atoms with Gasteiger partial charge in [0.05, 0.1) is 24.1 Å².